The number of hydrogen-bond acceptors (Lipinski definition) is 4. The molecule has 94 valence electrons. The molecule has 3 N–H and O–H groups in total. The van der Waals surface area contributed by atoms with Crippen LogP contribution in [0.25, 0.3) is 0 Å². The predicted molar refractivity (Wildman–Crippen MR) is 63.5 cm³/mol. The van der Waals surface area contributed by atoms with Crippen molar-refractivity contribution in [2.45, 2.75) is 32.4 Å². The van der Waals surface area contributed by atoms with Crippen molar-refractivity contribution >= 4 is 11.6 Å². The third-order valence-electron chi connectivity index (χ3n) is 2.91. The fourth-order valence-corrected chi connectivity index (χ4v) is 1.84. The molecule has 6 nitrogen and oxygen atoms in total. The zero-order valence-electron chi connectivity index (χ0n) is 9.96. The standard InChI is InChI=1S/C11H18N4O2/c1-2-14-7-9(12)10(13-14)11(17)15(5-6-16)8-3-4-8/h7-8,16H,2-6,12H2,1H3. The SMILES string of the molecule is CCn1cc(N)c(C(=O)N(CCO)C2CC2)n1. The molecule has 0 aliphatic heterocycles. The fraction of sp³-hybridized carbons (Fsp3) is 0.636. The van der Waals surface area contributed by atoms with Crippen molar-refractivity contribution in [2.24, 2.45) is 0 Å². The van der Waals surface area contributed by atoms with E-state index in [0.717, 1.165) is 12.8 Å². The summed E-state index contributed by atoms with van der Waals surface area (Å²) < 4.78 is 1.65. The van der Waals surface area contributed by atoms with E-state index in [2.05, 4.69) is 5.10 Å². The van der Waals surface area contributed by atoms with Gasteiger partial charge in [0.05, 0.1) is 12.3 Å². The quantitative estimate of drug-likeness (QED) is 0.761. The summed E-state index contributed by atoms with van der Waals surface area (Å²) in [4.78, 5) is 13.9. The molecule has 0 spiro atoms. The van der Waals surface area contributed by atoms with Gasteiger partial charge in [0, 0.05) is 25.3 Å². The van der Waals surface area contributed by atoms with E-state index < -0.39 is 0 Å². The molecule has 2 rings (SSSR count). The van der Waals surface area contributed by atoms with Crippen LogP contribution in [0, 0.1) is 0 Å². The Balaban J connectivity index is 2.18. The summed E-state index contributed by atoms with van der Waals surface area (Å²) in [6.45, 7) is 2.94. The summed E-state index contributed by atoms with van der Waals surface area (Å²) in [5.41, 5.74) is 6.48. The number of anilines is 1. The molecule has 0 atom stereocenters. The first-order valence-corrected chi connectivity index (χ1v) is 5.92. The minimum Gasteiger partial charge on any atom is -0.396 e. The molecule has 1 aliphatic rings. The number of aliphatic hydroxyl groups is 1. The van der Waals surface area contributed by atoms with Crippen molar-refractivity contribution in [3.05, 3.63) is 11.9 Å². The highest BCUT2D eigenvalue weighted by atomic mass is 16.3. The molecule has 0 aromatic carbocycles. The van der Waals surface area contributed by atoms with Crippen LogP contribution < -0.4 is 5.73 Å². The van der Waals surface area contributed by atoms with Gasteiger partial charge in [-0.1, -0.05) is 0 Å². The summed E-state index contributed by atoms with van der Waals surface area (Å²) >= 11 is 0. The van der Waals surface area contributed by atoms with E-state index >= 15 is 0 Å². The molecule has 0 radical (unpaired) electrons. The van der Waals surface area contributed by atoms with Crippen molar-refractivity contribution in [1.82, 2.24) is 14.7 Å². The van der Waals surface area contributed by atoms with E-state index in [-0.39, 0.29) is 18.6 Å². The van der Waals surface area contributed by atoms with Crippen LogP contribution in [0.5, 0.6) is 0 Å². The van der Waals surface area contributed by atoms with Crippen LogP contribution in [0.4, 0.5) is 5.69 Å². The number of amides is 1. The largest absolute Gasteiger partial charge is 0.396 e. The van der Waals surface area contributed by atoms with Crippen LogP contribution in [0.3, 0.4) is 0 Å². The molecule has 1 fully saturated rings. The lowest BCUT2D eigenvalue weighted by Gasteiger charge is -2.20. The number of nitrogen functional groups attached to an aromatic ring is 1. The van der Waals surface area contributed by atoms with E-state index in [0.29, 0.717) is 24.5 Å². The van der Waals surface area contributed by atoms with Crippen LogP contribution in [0.2, 0.25) is 0 Å². The zero-order chi connectivity index (χ0) is 12.4. The number of nitrogens with two attached hydrogens (primary N) is 1. The second-order valence-corrected chi connectivity index (χ2v) is 4.24. The summed E-state index contributed by atoms with van der Waals surface area (Å²) in [6.07, 6.45) is 3.66. The molecule has 1 amide bonds. The summed E-state index contributed by atoms with van der Waals surface area (Å²) in [5.74, 6) is -0.175. The van der Waals surface area contributed by atoms with Crippen molar-refractivity contribution in [3.8, 4) is 0 Å². The molecule has 0 bridgehead atoms. The number of aryl methyl sites for hydroxylation is 1. The lowest BCUT2D eigenvalue weighted by atomic mass is 10.3. The van der Waals surface area contributed by atoms with Gasteiger partial charge < -0.3 is 15.7 Å². The number of rotatable bonds is 5. The lowest BCUT2D eigenvalue weighted by Crippen LogP contribution is -2.36. The minimum absolute atomic E-state index is 0.0311. The minimum atomic E-state index is -0.175. The second kappa shape index (κ2) is 4.75. The van der Waals surface area contributed by atoms with Gasteiger partial charge in [-0.2, -0.15) is 5.10 Å². The number of aromatic nitrogens is 2. The van der Waals surface area contributed by atoms with Gasteiger partial charge in [-0.3, -0.25) is 9.48 Å². The molecule has 1 aromatic heterocycles. The highest BCUT2D eigenvalue weighted by molar-refractivity contribution is 5.97. The molecule has 1 aromatic rings. The van der Waals surface area contributed by atoms with Gasteiger partial charge in [0.25, 0.3) is 5.91 Å². The van der Waals surface area contributed by atoms with Crippen molar-refractivity contribution in [1.29, 1.82) is 0 Å². The first-order chi connectivity index (χ1) is 8.17. The molecular weight excluding hydrogens is 220 g/mol. The summed E-state index contributed by atoms with van der Waals surface area (Å²) in [7, 11) is 0. The van der Waals surface area contributed by atoms with Crippen LogP contribution in [-0.4, -0.2) is 44.9 Å². The van der Waals surface area contributed by atoms with E-state index in [1.165, 1.54) is 0 Å². The van der Waals surface area contributed by atoms with Gasteiger partial charge in [-0.05, 0) is 19.8 Å². The topological polar surface area (TPSA) is 84.4 Å². The highest BCUT2D eigenvalue weighted by Crippen LogP contribution is 2.28. The molecule has 1 aliphatic carbocycles. The molecule has 1 heterocycles. The van der Waals surface area contributed by atoms with Gasteiger partial charge in [0.2, 0.25) is 0 Å². The van der Waals surface area contributed by atoms with E-state index in [4.69, 9.17) is 10.8 Å². The normalized spacial score (nSPS) is 14.9. The van der Waals surface area contributed by atoms with Crippen LogP contribution in [-0.2, 0) is 6.54 Å². The Morgan fingerprint density at radius 3 is 2.88 bits per heavy atom. The van der Waals surface area contributed by atoms with Gasteiger partial charge in [-0.15, -0.1) is 0 Å². The molecule has 0 saturated heterocycles. The van der Waals surface area contributed by atoms with Crippen LogP contribution >= 0.6 is 0 Å². The molecular formula is C11H18N4O2. The number of aliphatic hydroxyl groups excluding tert-OH is 1. The Labute approximate surface area is 100 Å². The van der Waals surface area contributed by atoms with Crippen molar-refractivity contribution in [3.63, 3.8) is 0 Å². The van der Waals surface area contributed by atoms with Gasteiger partial charge in [0.1, 0.15) is 0 Å². The van der Waals surface area contributed by atoms with Gasteiger partial charge in [-0.25, -0.2) is 0 Å². The Hall–Kier alpha value is -1.56. The maximum atomic E-state index is 12.2. The van der Waals surface area contributed by atoms with Crippen molar-refractivity contribution in [2.75, 3.05) is 18.9 Å². The summed E-state index contributed by atoms with van der Waals surface area (Å²) in [6, 6.07) is 0.251. The smallest absolute Gasteiger partial charge is 0.276 e. The zero-order valence-corrected chi connectivity index (χ0v) is 9.96. The average molecular weight is 238 g/mol. The van der Waals surface area contributed by atoms with Crippen molar-refractivity contribution < 1.29 is 9.90 Å². The first-order valence-electron chi connectivity index (χ1n) is 5.92. The number of hydrogen-bond donors (Lipinski definition) is 2. The molecule has 0 unspecified atom stereocenters. The average Bonchev–Trinajstić information content (AvgIpc) is 3.08. The van der Waals surface area contributed by atoms with Gasteiger partial charge in [0.15, 0.2) is 5.69 Å². The Morgan fingerprint density at radius 1 is 1.71 bits per heavy atom. The fourth-order valence-electron chi connectivity index (χ4n) is 1.84. The number of carbonyl (C=O) groups excluding carboxylic acids is 1. The molecule has 17 heavy (non-hydrogen) atoms. The number of carbonyl (C=O) groups is 1. The third kappa shape index (κ3) is 2.41. The van der Waals surface area contributed by atoms with E-state index in [9.17, 15) is 4.79 Å². The van der Waals surface area contributed by atoms with Gasteiger partial charge >= 0.3 is 0 Å². The monoisotopic (exact) mass is 238 g/mol. The highest BCUT2D eigenvalue weighted by Gasteiger charge is 2.34. The van der Waals surface area contributed by atoms with Crippen LogP contribution in [0.1, 0.15) is 30.3 Å². The van der Waals surface area contributed by atoms with E-state index in [1.807, 2.05) is 6.92 Å². The predicted octanol–water partition coefficient (Wildman–Crippen LogP) is 0.0821. The molecule has 6 heteroatoms. The maximum Gasteiger partial charge on any atom is 0.276 e. The third-order valence-corrected chi connectivity index (χ3v) is 2.91. The maximum absolute atomic E-state index is 12.2. The second-order valence-electron chi connectivity index (χ2n) is 4.24. The molecule has 1 saturated carbocycles. The van der Waals surface area contributed by atoms with Crippen LogP contribution in [0.15, 0.2) is 6.20 Å². The first kappa shape index (κ1) is 11.9. The summed E-state index contributed by atoms with van der Waals surface area (Å²) in [5, 5.41) is 13.1. The Morgan fingerprint density at radius 2 is 2.41 bits per heavy atom. The Bertz CT molecular complexity index is 412. The number of nitrogens with zero attached hydrogens (tertiary/aromatic N) is 3. The lowest BCUT2D eigenvalue weighted by molar-refractivity contribution is 0.0702. The Kier molecular flexibility index (Phi) is 3.33. The van der Waals surface area contributed by atoms with E-state index in [1.54, 1.807) is 15.8 Å².